The molecule has 3 rings (SSSR count). The Kier molecular flexibility index (Phi) is 6.53. The fraction of sp³-hybridized carbons (Fsp3) is 0.381. The van der Waals surface area contributed by atoms with Crippen molar-refractivity contribution in [1.29, 1.82) is 0 Å². The van der Waals surface area contributed by atoms with Gasteiger partial charge in [0.15, 0.2) is 6.61 Å². The highest BCUT2D eigenvalue weighted by molar-refractivity contribution is 7.17. The predicted octanol–water partition coefficient (Wildman–Crippen LogP) is 3.64. The van der Waals surface area contributed by atoms with E-state index in [1.54, 1.807) is 24.3 Å². The Labute approximate surface area is 173 Å². The molecule has 0 fully saturated rings. The van der Waals surface area contributed by atoms with E-state index in [0.29, 0.717) is 27.9 Å². The van der Waals surface area contributed by atoms with Crippen LogP contribution in [0, 0.1) is 5.92 Å². The monoisotopic (exact) mass is 416 g/mol. The molecule has 1 aliphatic rings. The SMILES string of the molecule is COC(=O)c1c(NC(=O)COc2ccc(NC(C)=O)cc2)sc2c1CCC(C)C2. The van der Waals surface area contributed by atoms with E-state index in [2.05, 4.69) is 17.6 Å². The van der Waals surface area contributed by atoms with Crippen molar-refractivity contribution in [1.82, 2.24) is 0 Å². The topological polar surface area (TPSA) is 93.7 Å². The van der Waals surface area contributed by atoms with Gasteiger partial charge in [0.1, 0.15) is 10.8 Å². The molecule has 2 aromatic rings. The number of nitrogens with one attached hydrogen (secondary N) is 2. The van der Waals surface area contributed by atoms with E-state index < -0.39 is 5.97 Å². The summed E-state index contributed by atoms with van der Waals surface area (Å²) in [6, 6.07) is 6.73. The molecule has 8 heteroatoms. The van der Waals surface area contributed by atoms with Crippen LogP contribution in [0.3, 0.4) is 0 Å². The lowest BCUT2D eigenvalue weighted by atomic mass is 9.88. The van der Waals surface area contributed by atoms with Crippen LogP contribution in [0.4, 0.5) is 10.7 Å². The number of hydrogen-bond acceptors (Lipinski definition) is 6. The van der Waals surface area contributed by atoms with Crippen molar-refractivity contribution in [3.63, 3.8) is 0 Å². The van der Waals surface area contributed by atoms with Gasteiger partial charge in [-0.1, -0.05) is 6.92 Å². The largest absolute Gasteiger partial charge is 0.484 e. The number of carbonyl (C=O) groups is 3. The van der Waals surface area contributed by atoms with Gasteiger partial charge in [0.25, 0.3) is 5.91 Å². The van der Waals surface area contributed by atoms with Gasteiger partial charge in [0, 0.05) is 17.5 Å². The minimum atomic E-state index is -0.429. The van der Waals surface area contributed by atoms with Crippen molar-refractivity contribution >= 4 is 39.8 Å². The molecule has 7 nitrogen and oxygen atoms in total. The van der Waals surface area contributed by atoms with Gasteiger partial charge in [-0.3, -0.25) is 9.59 Å². The molecule has 0 radical (unpaired) electrons. The number of hydrogen-bond donors (Lipinski definition) is 2. The van der Waals surface area contributed by atoms with E-state index in [1.807, 2.05) is 0 Å². The first-order valence-electron chi connectivity index (χ1n) is 9.40. The number of rotatable bonds is 6. The van der Waals surface area contributed by atoms with Crippen LogP contribution in [0.2, 0.25) is 0 Å². The molecule has 1 aliphatic carbocycles. The molecule has 0 aliphatic heterocycles. The van der Waals surface area contributed by atoms with Gasteiger partial charge in [-0.15, -0.1) is 11.3 Å². The molecule has 154 valence electrons. The summed E-state index contributed by atoms with van der Waals surface area (Å²) in [5.74, 6) is 0.114. The van der Waals surface area contributed by atoms with Crippen molar-refractivity contribution in [2.75, 3.05) is 24.4 Å². The van der Waals surface area contributed by atoms with Crippen LogP contribution in [-0.2, 0) is 27.2 Å². The normalized spacial score (nSPS) is 15.2. The first-order valence-corrected chi connectivity index (χ1v) is 10.2. The second-order valence-electron chi connectivity index (χ2n) is 7.09. The molecule has 1 heterocycles. The van der Waals surface area contributed by atoms with Gasteiger partial charge in [-0.25, -0.2) is 4.79 Å². The number of ether oxygens (including phenoxy) is 2. The summed E-state index contributed by atoms with van der Waals surface area (Å²) in [7, 11) is 1.34. The first-order chi connectivity index (χ1) is 13.9. The third kappa shape index (κ3) is 5.14. The highest BCUT2D eigenvalue weighted by Crippen LogP contribution is 2.40. The van der Waals surface area contributed by atoms with Gasteiger partial charge in [0.2, 0.25) is 5.91 Å². The molecule has 0 bridgehead atoms. The number of amides is 2. The molecular formula is C21H24N2O5S. The molecule has 0 spiro atoms. The van der Waals surface area contributed by atoms with Gasteiger partial charge in [-0.2, -0.15) is 0 Å². The van der Waals surface area contributed by atoms with Gasteiger partial charge < -0.3 is 20.1 Å². The van der Waals surface area contributed by atoms with Crippen LogP contribution in [0.25, 0.3) is 0 Å². The highest BCUT2D eigenvalue weighted by Gasteiger charge is 2.28. The lowest BCUT2D eigenvalue weighted by Gasteiger charge is -2.18. The molecule has 0 saturated heterocycles. The van der Waals surface area contributed by atoms with Gasteiger partial charge in [-0.05, 0) is 55.0 Å². The summed E-state index contributed by atoms with van der Waals surface area (Å²) in [6.45, 7) is 3.42. The Hall–Kier alpha value is -2.87. The van der Waals surface area contributed by atoms with Crippen LogP contribution in [0.15, 0.2) is 24.3 Å². The van der Waals surface area contributed by atoms with Crippen molar-refractivity contribution in [3.05, 3.63) is 40.3 Å². The summed E-state index contributed by atoms with van der Waals surface area (Å²) in [4.78, 5) is 36.9. The zero-order valence-corrected chi connectivity index (χ0v) is 17.5. The first kappa shape index (κ1) is 20.9. The average molecular weight is 416 g/mol. The number of anilines is 2. The summed E-state index contributed by atoms with van der Waals surface area (Å²) in [6.07, 6.45) is 2.72. The molecular weight excluding hydrogens is 392 g/mol. The number of carbonyl (C=O) groups excluding carboxylic acids is 3. The van der Waals surface area contributed by atoms with Crippen molar-refractivity contribution < 1.29 is 23.9 Å². The standard InChI is InChI=1S/C21H24N2O5S/c1-12-4-9-16-17(10-12)29-20(19(16)21(26)27-3)23-18(25)11-28-15-7-5-14(6-8-15)22-13(2)24/h5-8,12H,4,9-11H2,1-3H3,(H,22,24)(H,23,25). The smallest absolute Gasteiger partial charge is 0.341 e. The zero-order chi connectivity index (χ0) is 21.0. The Morgan fingerprint density at radius 2 is 1.90 bits per heavy atom. The second-order valence-corrected chi connectivity index (χ2v) is 8.20. The Bertz CT molecular complexity index is 920. The minimum Gasteiger partial charge on any atom is -0.484 e. The van der Waals surface area contributed by atoms with Crippen LogP contribution in [0.1, 0.15) is 41.1 Å². The molecule has 1 aromatic carbocycles. The summed E-state index contributed by atoms with van der Waals surface area (Å²) >= 11 is 1.44. The van der Waals surface area contributed by atoms with Crippen molar-refractivity contribution in [2.24, 2.45) is 5.92 Å². The fourth-order valence-corrected chi connectivity index (χ4v) is 4.72. The van der Waals surface area contributed by atoms with Crippen molar-refractivity contribution in [2.45, 2.75) is 33.1 Å². The molecule has 29 heavy (non-hydrogen) atoms. The molecule has 2 amide bonds. The summed E-state index contributed by atoms with van der Waals surface area (Å²) < 4.78 is 10.4. The number of thiophene rings is 1. The fourth-order valence-electron chi connectivity index (χ4n) is 3.31. The van der Waals surface area contributed by atoms with E-state index in [9.17, 15) is 14.4 Å². The van der Waals surface area contributed by atoms with E-state index in [-0.39, 0.29) is 18.4 Å². The maximum absolute atomic E-state index is 12.4. The number of methoxy groups -OCH3 is 1. The number of esters is 1. The second kappa shape index (κ2) is 9.09. The third-order valence-electron chi connectivity index (χ3n) is 4.70. The van der Waals surface area contributed by atoms with Gasteiger partial charge >= 0.3 is 5.97 Å². The van der Waals surface area contributed by atoms with E-state index in [0.717, 1.165) is 29.7 Å². The van der Waals surface area contributed by atoms with E-state index >= 15 is 0 Å². The lowest BCUT2D eigenvalue weighted by Crippen LogP contribution is -2.21. The maximum Gasteiger partial charge on any atom is 0.341 e. The van der Waals surface area contributed by atoms with Crippen LogP contribution in [0.5, 0.6) is 5.75 Å². The van der Waals surface area contributed by atoms with Crippen molar-refractivity contribution in [3.8, 4) is 5.75 Å². The van der Waals surface area contributed by atoms with E-state index in [4.69, 9.17) is 9.47 Å². The highest BCUT2D eigenvalue weighted by atomic mass is 32.1. The maximum atomic E-state index is 12.4. The van der Waals surface area contributed by atoms with Gasteiger partial charge in [0.05, 0.1) is 12.7 Å². The summed E-state index contributed by atoms with van der Waals surface area (Å²) in [5, 5.41) is 5.98. The Morgan fingerprint density at radius 1 is 1.17 bits per heavy atom. The third-order valence-corrected chi connectivity index (χ3v) is 5.87. The Balaban J connectivity index is 1.66. The molecule has 0 saturated carbocycles. The quantitative estimate of drug-likeness (QED) is 0.702. The number of fused-ring (bicyclic) bond motifs is 1. The average Bonchev–Trinajstić information content (AvgIpc) is 3.03. The molecule has 2 N–H and O–H groups in total. The van der Waals surface area contributed by atoms with Crippen LogP contribution >= 0.6 is 11.3 Å². The minimum absolute atomic E-state index is 0.160. The molecule has 1 unspecified atom stereocenters. The Morgan fingerprint density at radius 3 is 2.55 bits per heavy atom. The zero-order valence-electron chi connectivity index (χ0n) is 16.7. The van der Waals surface area contributed by atoms with Crippen LogP contribution in [-0.4, -0.2) is 31.5 Å². The molecule has 1 aromatic heterocycles. The number of benzene rings is 1. The van der Waals surface area contributed by atoms with Crippen LogP contribution < -0.4 is 15.4 Å². The van der Waals surface area contributed by atoms with E-state index in [1.165, 1.54) is 25.4 Å². The summed E-state index contributed by atoms with van der Waals surface area (Å²) in [5.41, 5.74) is 2.10. The predicted molar refractivity (Wildman–Crippen MR) is 112 cm³/mol. The lowest BCUT2D eigenvalue weighted by molar-refractivity contribution is -0.118. The molecule has 1 atom stereocenters.